The van der Waals surface area contributed by atoms with E-state index in [4.69, 9.17) is 23.2 Å². The number of rotatable bonds is 6. The van der Waals surface area contributed by atoms with Crippen LogP contribution >= 0.6 is 23.2 Å². The first-order chi connectivity index (χ1) is 18.6. The van der Waals surface area contributed by atoms with Crippen LogP contribution in [0, 0.1) is 17.2 Å². The number of nitrogens with one attached hydrogen (secondary N) is 4. The monoisotopic (exact) mass is 601 g/mol. The fraction of sp³-hybridized carbons (Fsp3) is 0.444. The highest BCUT2D eigenvalue weighted by Crippen LogP contribution is 2.38. The Bertz CT molecular complexity index is 1430. The molecule has 0 spiro atoms. The van der Waals surface area contributed by atoms with Crippen molar-refractivity contribution in [3.63, 3.8) is 0 Å². The molecule has 0 saturated heterocycles. The van der Waals surface area contributed by atoms with E-state index < -0.39 is 35.3 Å². The predicted octanol–water partition coefficient (Wildman–Crippen LogP) is 7.27. The Balaban J connectivity index is 1.48. The van der Waals surface area contributed by atoms with Crippen molar-refractivity contribution in [2.45, 2.75) is 65.2 Å². The number of halogens is 6. The van der Waals surface area contributed by atoms with Crippen LogP contribution in [0.2, 0.25) is 10.0 Å². The summed E-state index contributed by atoms with van der Waals surface area (Å²) in [6.45, 7) is 5.55. The minimum atomic E-state index is -4.25. The van der Waals surface area contributed by atoms with Crippen LogP contribution in [-0.2, 0) is 11.3 Å². The molecule has 1 saturated carbocycles. The number of imidazole rings is 1. The van der Waals surface area contributed by atoms with Crippen LogP contribution in [0.15, 0.2) is 24.3 Å². The van der Waals surface area contributed by atoms with E-state index in [1.54, 1.807) is 32.9 Å². The highest BCUT2D eigenvalue weighted by atomic mass is 35.5. The molecule has 1 fully saturated rings. The van der Waals surface area contributed by atoms with Crippen molar-refractivity contribution >= 4 is 57.7 Å². The average Bonchev–Trinajstić information content (AvgIpc) is 3.25. The predicted molar refractivity (Wildman–Crippen MR) is 146 cm³/mol. The first-order valence-corrected chi connectivity index (χ1v) is 13.5. The summed E-state index contributed by atoms with van der Waals surface area (Å²) >= 11 is 12.9. The molecule has 3 aromatic rings. The van der Waals surface area contributed by atoms with E-state index >= 15 is 0 Å². The topological polar surface area (TPSA) is 98.9 Å². The average molecular weight is 602 g/mol. The number of aromatic amines is 1. The van der Waals surface area contributed by atoms with Gasteiger partial charge in [0.2, 0.25) is 11.9 Å². The molecular weight excluding hydrogens is 573 g/mol. The fourth-order valence-electron chi connectivity index (χ4n) is 4.50. The molecule has 216 valence electrons. The molecule has 4 N–H and O–H groups in total. The lowest BCUT2D eigenvalue weighted by molar-refractivity contribution is -0.182. The van der Waals surface area contributed by atoms with Gasteiger partial charge in [0.25, 0.3) is 5.91 Å². The van der Waals surface area contributed by atoms with Crippen LogP contribution in [0.25, 0.3) is 11.0 Å². The molecule has 0 radical (unpaired) electrons. The Labute approximate surface area is 238 Å². The lowest BCUT2D eigenvalue weighted by Gasteiger charge is -2.30. The van der Waals surface area contributed by atoms with E-state index in [0.29, 0.717) is 16.8 Å². The maximum absolute atomic E-state index is 14.8. The van der Waals surface area contributed by atoms with Crippen LogP contribution < -0.4 is 16.0 Å². The zero-order valence-corrected chi connectivity index (χ0v) is 23.5. The summed E-state index contributed by atoms with van der Waals surface area (Å²) in [5, 5.41) is 8.99. The summed E-state index contributed by atoms with van der Waals surface area (Å²) in [5.74, 6) is -2.88. The van der Waals surface area contributed by atoms with Gasteiger partial charge in [-0.3, -0.25) is 9.59 Å². The zero-order valence-electron chi connectivity index (χ0n) is 22.0. The summed E-state index contributed by atoms with van der Waals surface area (Å²) in [4.78, 5) is 32.3. The molecule has 0 atom stereocenters. The van der Waals surface area contributed by atoms with E-state index in [1.165, 1.54) is 6.07 Å². The molecular formula is C27H29Cl2F4N5O2. The van der Waals surface area contributed by atoms with Gasteiger partial charge in [0.1, 0.15) is 5.82 Å². The van der Waals surface area contributed by atoms with Crippen molar-refractivity contribution < 1.29 is 27.2 Å². The molecule has 1 aliphatic rings. The van der Waals surface area contributed by atoms with Gasteiger partial charge in [0, 0.05) is 24.1 Å². The van der Waals surface area contributed by atoms with Crippen LogP contribution in [0.4, 0.5) is 29.2 Å². The Morgan fingerprint density at radius 2 is 1.75 bits per heavy atom. The van der Waals surface area contributed by atoms with Crippen LogP contribution in [-0.4, -0.2) is 34.0 Å². The van der Waals surface area contributed by atoms with E-state index in [2.05, 4.69) is 25.9 Å². The third kappa shape index (κ3) is 6.80. The Morgan fingerprint density at radius 3 is 2.38 bits per heavy atom. The normalized spacial score (nSPS) is 18.0. The second kappa shape index (κ2) is 11.4. The molecule has 1 heterocycles. The molecule has 0 bridgehead atoms. The third-order valence-electron chi connectivity index (χ3n) is 6.88. The summed E-state index contributed by atoms with van der Waals surface area (Å²) in [6, 6.07) is 5.21. The molecule has 2 aromatic carbocycles. The Hall–Kier alpha value is -3.05. The van der Waals surface area contributed by atoms with Gasteiger partial charge in [-0.2, -0.15) is 13.2 Å². The zero-order chi connectivity index (χ0) is 29.4. The second-order valence-corrected chi connectivity index (χ2v) is 11.7. The van der Waals surface area contributed by atoms with Crippen molar-refractivity contribution in [2.24, 2.45) is 11.3 Å². The van der Waals surface area contributed by atoms with E-state index in [-0.39, 0.29) is 65.2 Å². The number of hydrogen-bond donors (Lipinski definition) is 4. The molecule has 4 rings (SSSR count). The minimum Gasteiger partial charge on any atom is -0.352 e. The van der Waals surface area contributed by atoms with Gasteiger partial charge in [-0.15, -0.1) is 0 Å². The smallest absolute Gasteiger partial charge is 0.352 e. The molecule has 0 unspecified atom stereocenters. The third-order valence-corrected chi connectivity index (χ3v) is 7.62. The number of hydrogen-bond acceptors (Lipinski definition) is 4. The summed E-state index contributed by atoms with van der Waals surface area (Å²) in [5.41, 5.74) is 0.649. The Morgan fingerprint density at radius 1 is 1.07 bits per heavy atom. The number of fused-ring (bicyclic) bond motifs is 1. The number of carbonyl (C=O) groups excluding carboxylic acids is 2. The lowest BCUT2D eigenvalue weighted by Crippen LogP contribution is -2.40. The van der Waals surface area contributed by atoms with E-state index in [1.807, 2.05) is 0 Å². The number of benzene rings is 2. The van der Waals surface area contributed by atoms with Gasteiger partial charge in [-0.05, 0) is 43.4 Å². The number of aromatic nitrogens is 2. The van der Waals surface area contributed by atoms with Gasteiger partial charge < -0.3 is 20.9 Å². The van der Waals surface area contributed by atoms with Crippen molar-refractivity contribution in [2.75, 3.05) is 5.32 Å². The number of carbonyl (C=O) groups is 2. The first-order valence-electron chi connectivity index (χ1n) is 12.7. The van der Waals surface area contributed by atoms with Crippen molar-refractivity contribution in [1.29, 1.82) is 0 Å². The van der Waals surface area contributed by atoms with Gasteiger partial charge in [0.05, 0.1) is 38.2 Å². The SMILES string of the molecule is CC(C)(C)C(=O)NCc1ccc(Cl)c(Nc2nc3cc(C(=O)NC4CCC(C(F)(F)F)CC4)c(F)cc3[nH]2)c1Cl. The molecule has 1 aromatic heterocycles. The fourth-order valence-corrected chi connectivity index (χ4v) is 5.03. The maximum Gasteiger partial charge on any atom is 0.391 e. The number of alkyl halides is 3. The first kappa shape index (κ1) is 29.9. The largest absolute Gasteiger partial charge is 0.391 e. The van der Waals surface area contributed by atoms with Crippen molar-refractivity contribution in [3.05, 3.63) is 51.3 Å². The van der Waals surface area contributed by atoms with Crippen LogP contribution in [0.5, 0.6) is 0 Å². The van der Waals surface area contributed by atoms with Crippen LogP contribution in [0.3, 0.4) is 0 Å². The maximum atomic E-state index is 14.8. The number of nitrogens with zero attached hydrogens (tertiary/aromatic N) is 1. The highest BCUT2D eigenvalue weighted by Gasteiger charge is 2.41. The summed E-state index contributed by atoms with van der Waals surface area (Å²) < 4.78 is 53.6. The summed E-state index contributed by atoms with van der Waals surface area (Å²) in [7, 11) is 0. The molecule has 1 aliphatic carbocycles. The number of amides is 2. The van der Waals surface area contributed by atoms with Gasteiger partial charge in [-0.1, -0.05) is 50.0 Å². The quantitative estimate of drug-likeness (QED) is 0.223. The number of H-pyrrole nitrogens is 1. The molecule has 2 amide bonds. The van der Waals surface area contributed by atoms with Gasteiger partial charge in [0.15, 0.2) is 0 Å². The van der Waals surface area contributed by atoms with Gasteiger partial charge in [-0.25, -0.2) is 9.37 Å². The molecule has 40 heavy (non-hydrogen) atoms. The van der Waals surface area contributed by atoms with Crippen LogP contribution in [0.1, 0.15) is 62.4 Å². The molecule has 13 heteroatoms. The lowest BCUT2D eigenvalue weighted by atomic mass is 9.85. The van der Waals surface area contributed by atoms with E-state index in [9.17, 15) is 27.2 Å². The number of anilines is 2. The van der Waals surface area contributed by atoms with E-state index in [0.717, 1.165) is 6.07 Å². The summed E-state index contributed by atoms with van der Waals surface area (Å²) in [6.07, 6.45) is -4.09. The standard InChI is InChI=1S/C27H29Cl2F4N5O2/c1-26(2,3)24(40)34-12-13-4-9-17(28)22(21(13)29)38-25-36-19-10-16(18(30)11-20(19)37-25)23(39)35-15-7-5-14(6-8-15)27(31,32)33/h4,9-11,14-15H,5-8,12H2,1-3H3,(H,34,40)(H,35,39)(H2,36,37,38). The minimum absolute atomic E-state index is 0.0837. The molecule has 0 aliphatic heterocycles. The van der Waals surface area contributed by atoms with Crippen molar-refractivity contribution in [1.82, 2.24) is 20.6 Å². The Kier molecular flexibility index (Phi) is 8.56. The highest BCUT2D eigenvalue weighted by molar-refractivity contribution is 6.39. The second-order valence-electron chi connectivity index (χ2n) is 11.0. The van der Waals surface area contributed by atoms with Crippen molar-refractivity contribution in [3.8, 4) is 0 Å². The molecule has 7 nitrogen and oxygen atoms in total. The van der Waals surface area contributed by atoms with Gasteiger partial charge >= 0.3 is 6.18 Å².